The minimum atomic E-state index is 0.0493. The molecule has 2 aromatic rings. The molecule has 3 rings (SSSR count). The van der Waals surface area contributed by atoms with Crippen LogP contribution in [0.4, 0.5) is 0 Å². The van der Waals surface area contributed by atoms with E-state index in [1.54, 1.807) is 18.3 Å². The summed E-state index contributed by atoms with van der Waals surface area (Å²) in [6.07, 6.45) is 3.61. The summed E-state index contributed by atoms with van der Waals surface area (Å²) < 4.78 is 1.36. The second kappa shape index (κ2) is 4.73. The minimum Gasteiger partial charge on any atom is -0.356 e. The SMILES string of the molecule is CC(=O)NCCc1csc2ccc(C3CC3)cc12. The molecule has 0 aliphatic heterocycles. The number of benzene rings is 1. The lowest BCUT2D eigenvalue weighted by molar-refractivity contribution is -0.118. The van der Waals surface area contributed by atoms with Gasteiger partial charge in [0.1, 0.15) is 0 Å². The van der Waals surface area contributed by atoms with Crippen molar-refractivity contribution in [3.63, 3.8) is 0 Å². The van der Waals surface area contributed by atoms with Crippen LogP contribution >= 0.6 is 11.3 Å². The van der Waals surface area contributed by atoms with Crippen molar-refractivity contribution in [2.45, 2.75) is 32.1 Å². The molecule has 18 heavy (non-hydrogen) atoms. The van der Waals surface area contributed by atoms with Crippen LogP contribution in [-0.4, -0.2) is 12.5 Å². The average molecular weight is 259 g/mol. The van der Waals surface area contributed by atoms with Gasteiger partial charge in [-0.2, -0.15) is 0 Å². The lowest BCUT2D eigenvalue weighted by Gasteiger charge is -2.03. The van der Waals surface area contributed by atoms with Gasteiger partial charge in [-0.15, -0.1) is 11.3 Å². The number of carbonyl (C=O) groups is 1. The van der Waals surface area contributed by atoms with E-state index in [0.29, 0.717) is 0 Å². The molecule has 3 heteroatoms. The van der Waals surface area contributed by atoms with E-state index >= 15 is 0 Å². The van der Waals surface area contributed by atoms with Crippen LogP contribution < -0.4 is 5.32 Å². The van der Waals surface area contributed by atoms with Crippen molar-refractivity contribution >= 4 is 27.3 Å². The zero-order chi connectivity index (χ0) is 12.5. The molecule has 0 atom stereocenters. The van der Waals surface area contributed by atoms with Gasteiger partial charge in [-0.05, 0) is 59.2 Å². The second-order valence-corrected chi connectivity index (χ2v) is 5.94. The summed E-state index contributed by atoms with van der Waals surface area (Å²) in [5, 5.41) is 6.47. The summed E-state index contributed by atoms with van der Waals surface area (Å²) in [6.45, 7) is 2.30. The van der Waals surface area contributed by atoms with Gasteiger partial charge in [0.15, 0.2) is 0 Å². The van der Waals surface area contributed by atoms with Crippen LogP contribution in [0.1, 0.15) is 36.8 Å². The molecule has 1 fully saturated rings. The highest BCUT2D eigenvalue weighted by molar-refractivity contribution is 7.17. The van der Waals surface area contributed by atoms with Crippen molar-refractivity contribution in [1.82, 2.24) is 5.32 Å². The van der Waals surface area contributed by atoms with Gasteiger partial charge in [0.25, 0.3) is 0 Å². The number of hydrogen-bond acceptors (Lipinski definition) is 2. The molecule has 1 aliphatic rings. The zero-order valence-electron chi connectivity index (χ0n) is 10.5. The highest BCUT2D eigenvalue weighted by atomic mass is 32.1. The molecule has 2 nitrogen and oxygen atoms in total. The van der Waals surface area contributed by atoms with Crippen molar-refractivity contribution in [2.75, 3.05) is 6.54 Å². The molecule has 1 saturated carbocycles. The van der Waals surface area contributed by atoms with Crippen LogP contribution in [0.5, 0.6) is 0 Å². The lowest BCUT2D eigenvalue weighted by atomic mass is 10.0. The summed E-state index contributed by atoms with van der Waals surface area (Å²) in [4.78, 5) is 10.9. The molecule has 0 unspecified atom stereocenters. The van der Waals surface area contributed by atoms with Crippen molar-refractivity contribution < 1.29 is 4.79 Å². The topological polar surface area (TPSA) is 29.1 Å². The molecule has 0 radical (unpaired) electrons. The van der Waals surface area contributed by atoms with Crippen LogP contribution in [0.25, 0.3) is 10.1 Å². The van der Waals surface area contributed by atoms with Gasteiger partial charge in [0, 0.05) is 18.2 Å². The van der Waals surface area contributed by atoms with Crippen LogP contribution in [0.15, 0.2) is 23.6 Å². The summed E-state index contributed by atoms with van der Waals surface area (Å²) >= 11 is 1.80. The van der Waals surface area contributed by atoms with E-state index in [1.807, 2.05) is 0 Å². The lowest BCUT2D eigenvalue weighted by Crippen LogP contribution is -2.22. The van der Waals surface area contributed by atoms with Crippen molar-refractivity contribution in [2.24, 2.45) is 0 Å². The third-order valence-electron chi connectivity index (χ3n) is 3.49. The molecule has 0 spiro atoms. The molecule has 1 heterocycles. The van der Waals surface area contributed by atoms with Gasteiger partial charge in [0.05, 0.1) is 0 Å². The van der Waals surface area contributed by atoms with E-state index in [1.165, 1.54) is 34.1 Å². The summed E-state index contributed by atoms with van der Waals surface area (Å²) in [6, 6.07) is 6.87. The molecular weight excluding hydrogens is 242 g/mol. The number of rotatable bonds is 4. The van der Waals surface area contributed by atoms with Crippen LogP contribution in [-0.2, 0) is 11.2 Å². The molecule has 1 aromatic carbocycles. The predicted octanol–water partition coefficient (Wildman–Crippen LogP) is 3.46. The molecule has 1 amide bonds. The van der Waals surface area contributed by atoms with Gasteiger partial charge in [-0.25, -0.2) is 0 Å². The smallest absolute Gasteiger partial charge is 0.216 e. The minimum absolute atomic E-state index is 0.0493. The number of fused-ring (bicyclic) bond motifs is 1. The summed E-state index contributed by atoms with van der Waals surface area (Å²) in [7, 11) is 0. The Morgan fingerprint density at radius 2 is 2.28 bits per heavy atom. The van der Waals surface area contributed by atoms with Crippen molar-refractivity contribution in [1.29, 1.82) is 0 Å². The number of carbonyl (C=O) groups excluding carboxylic acids is 1. The van der Waals surface area contributed by atoms with E-state index in [9.17, 15) is 4.79 Å². The van der Waals surface area contributed by atoms with E-state index < -0.39 is 0 Å². The largest absolute Gasteiger partial charge is 0.356 e. The van der Waals surface area contributed by atoms with Crippen molar-refractivity contribution in [3.05, 3.63) is 34.7 Å². The summed E-state index contributed by atoms with van der Waals surface area (Å²) in [5.74, 6) is 0.852. The highest BCUT2D eigenvalue weighted by Crippen LogP contribution is 2.41. The number of nitrogens with one attached hydrogen (secondary N) is 1. The Hall–Kier alpha value is -1.35. The predicted molar refractivity (Wildman–Crippen MR) is 76.2 cm³/mol. The molecule has 94 valence electrons. The number of thiophene rings is 1. The van der Waals surface area contributed by atoms with E-state index in [4.69, 9.17) is 0 Å². The maximum absolute atomic E-state index is 10.9. The first-order chi connectivity index (χ1) is 8.74. The standard InChI is InChI=1S/C15H17NOS/c1-10(17)16-7-6-13-9-18-15-5-4-12(8-14(13)15)11-2-3-11/h4-5,8-9,11H,2-3,6-7H2,1H3,(H,16,17). The maximum Gasteiger partial charge on any atom is 0.216 e. The Kier molecular flexibility index (Phi) is 3.08. The Bertz CT molecular complexity index is 583. The fourth-order valence-corrected chi connectivity index (χ4v) is 3.31. The fourth-order valence-electron chi connectivity index (χ4n) is 2.34. The first kappa shape index (κ1) is 11.7. The molecule has 1 aliphatic carbocycles. The van der Waals surface area contributed by atoms with Gasteiger partial charge in [-0.1, -0.05) is 6.07 Å². The van der Waals surface area contributed by atoms with Gasteiger partial charge < -0.3 is 5.32 Å². The fraction of sp³-hybridized carbons (Fsp3) is 0.400. The molecule has 0 bridgehead atoms. The molecule has 1 N–H and O–H groups in total. The Morgan fingerprint density at radius 3 is 3.00 bits per heavy atom. The van der Waals surface area contributed by atoms with Gasteiger partial charge >= 0.3 is 0 Å². The summed E-state index contributed by atoms with van der Waals surface area (Å²) in [5.41, 5.74) is 2.85. The van der Waals surface area contributed by atoms with Crippen LogP contribution in [0.2, 0.25) is 0 Å². The third-order valence-corrected chi connectivity index (χ3v) is 4.51. The number of hydrogen-bond donors (Lipinski definition) is 1. The molecular formula is C15H17NOS. The van der Waals surface area contributed by atoms with Crippen LogP contribution in [0, 0.1) is 0 Å². The van der Waals surface area contributed by atoms with Crippen molar-refractivity contribution in [3.8, 4) is 0 Å². The quantitative estimate of drug-likeness (QED) is 0.895. The number of amides is 1. The van der Waals surface area contributed by atoms with Crippen LogP contribution in [0.3, 0.4) is 0 Å². The normalized spacial score (nSPS) is 14.9. The zero-order valence-corrected chi connectivity index (χ0v) is 11.3. The highest BCUT2D eigenvalue weighted by Gasteiger charge is 2.23. The third kappa shape index (κ3) is 2.41. The first-order valence-electron chi connectivity index (χ1n) is 6.48. The monoisotopic (exact) mass is 259 g/mol. The maximum atomic E-state index is 10.9. The average Bonchev–Trinajstić information content (AvgIpc) is 3.12. The van der Waals surface area contributed by atoms with E-state index in [2.05, 4.69) is 28.9 Å². The van der Waals surface area contributed by atoms with Gasteiger partial charge in [0.2, 0.25) is 5.91 Å². The van der Waals surface area contributed by atoms with Gasteiger partial charge in [-0.3, -0.25) is 4.79 Å². The first-order valence-corrected chi connectivity index (χ1v) is 7.36. The van der Waals surface area contributed by atoms with E-state index in [-0.39, 0.29) is 5.91 Å². The molecule has 0 saturated heterocycles. The Morgan fingerprint density at radius 1 is 1.44 bits per heavy atom. The van der Waals surface area contributed by atoms with E-state index in [0.717, 1.165) is 18.9 Å². The molecule has 1 aromatic heterocycles. The Labute approximate surface area is 111 Å². The Balaban J connectivity index is 1.82. The second-order valence-electron chi connectivity index (χ2n) is 5.02.